The summed E-state index contributed by atoms with van der Waals surface area (Å²) < 4.78 is 2.01. The van der Waals surface area contributed by atoms with E-state index in [4.69, 9.17) is 17.0 Å². The lowest BCUT2D eigenvalue weighted by molar-refractivity contribution is -0.126. The van der Waals surface area contributed by atoms with E-state index in [1.807, 2.05) is 41.2 Å². The minimum Gasteiger partial charge on any atom is -0.370 e. The van der Waals surface area contributed by atoms with Crippen molar-refractivity contribution < 1.29 is 4.79 Å². The van der Waals surface area contributed by atoms with Crippen LogP contribution in [0.15, 0.2) is 24.5 Å². The van der Waals surface area contributed by atoms with Gasteiger partial charge in [-0.25, -0.2) is 0 Å². The second kappa shape index (κ2) is 7.30. The number of likely N-dealkylation sites (tertiary alicyclic amines) is 1. The van der Waals surface area contributed by atoms with E-state index in [1.54, 1.807) is 0 Å². The Bertz CT molecular complexity index is 990. The second-order valence-corrected chi connectivity index (χ2v) is 9.42. The van der Waals surface area contributed by atoms with Gasteiger partial charge in [0.05, 0.1) is 28.6 Å². The Hall–Kier alpha value is -2.54. The zero-order valence-electron chi connectivity index (χ0n) is 17.2. The number of benzene rings is 1. The van der Waals surface area contributed by atoms with Gasteiger partial charge < -0.3 is 20.5 Å². The van der Waals surface area contributed by atoms with Crippen molar-refractivity contribution in [2.75, 3.05) is 36.9 Å². The van der Waals surface area contributed by atoms with Crippen LogP contribution in [-0.4, -0.2) is 53.5 Å². The molecule has 158 valence electrons. The fourth-order valence-electron chi connectivity index (χ4n) is 4.80. The van der Waals surface area contributed by atoms with Crippen LogP contribution >= 0.6 is 11.6 Å². The van der Waals surface area contributed by atoms with Crippen LogP contribution in [0.1, 0.15) is 43.7 Å². The number of nitrogens with zero attached hydrogens (tertiary/aromatic N) is 4. The van der Waals surface area contributed by atoms with Gasteiger partial charge in [-0.05, 0) is 37.8 Å². The summed E-state index contributed by atoms with van der Waals surface area (Å²) in [4.78, 5) is 16.2. The topological polar surface area (TPSA) is 77.2 Å². The van der Waals surface area contributed by atoms with E-state index < -0.39 is 0 Å². The summed E-state index contributed by atoms with van der Waals surface area (Å²) >= 11 is 6.62. The van der Waals surface area contributed by atoms with Gasteiger partial charge in [0.15, 0.2) is 0 Å². The van der Waals surface area contributed by atoms with Crippen LogP contribution in [0.25, 0.3) is 0 Å². The van der Waals surface area contributed by atoms with E-state index in [0.717, 1.165) is 55.1 Å². The number of carbonyl (C=O) groups is 1. The number of nitrogens with one attached hydrogen (secondary N) is 2. The number of hydrogen-bond acceptors (Lipinski definition) is 5. The highest BCUT2D eigenvalue weighted by Crippen LogP contribution is 2.43. The molecular formula is C22H27ClN6O. The summed E-state index contributed by atoms with van der Waals surface area (Å²) in [5.74, 6) is 0.259. The van der Waals surface area contributed by atoms with Crippen molar-refractivity contribution in [2.24, 2.45) is 5.41 Å². The van der Waals surface area contributed by atoms with Crippen molar-refractivity contribution in [2.45, 2.75) is 38.1 Å². The number of hydrogen-bond donors (Lipinski definition) is 2. The molecule has 2 saturated heterocycles. The molecule has 8 heteroatoms. The Kier molecular flexibility index (Phi) is 4.73. The average Bonchev–Trinajstić information content (AvgIpc) is 3.41. The summed E-state index contributed by atoms with van der Waals surface area (Å²) in [5, 5.41) is 16.3. The number of amides is 1. The number of halogens is 1. The molecule has 0 radical (unpaired) electrons. The van der Waals surface area contributed by atoms with Crippen LogP contribution < -0.4 is 10.2 Å². The first-order valence-corrected chi connectivity index (χ1v) is 11.0. The number of anilines is 3. The van der Waals surface area contributed by atoms with Gasteiger partial charge in [0, 0.05) is 62.2 Å². The van der Waals surface area contributed by atoms with Crippen LogP contribution in [0, 0.1) is 10.8 Å². The van der Waals surface area contributed by atoms with Crippen LogP contribution in [0.4, 0.5) is 17.1 Å². The number of carbonyl (C=O) groups excluding carboxylic acids is 1. The lowest BCUT2D eigenvalue weighted by atomic mass is 9.77. The molecule has 3 aliphatic rings. The van der Waals surface area contributed by atoms with Crippen molar-refractivity contribution >= 4 is 40.8 Å². The zero-order valence-corrected chi connectivity index (χ0v) is 18.0. The van der Waals surface area contributed by atoms with E-state index in [9.17, 15) is 4.79 Å². The van der Waals surface area contributed by atoms with E-state index >= 15 is 0 Å². The van der Waals surface area contributed by atoms with Gasteiger partial charge in [-0.1, -0.05) is 11.6 Å². The molecule has 0 unspecified atom stereocenters. The van der Waals surface area contributed by atoms with Gasteiger partial charge in [0.1, 0.15) is 0 Å². The van der Waals surface area contributed by atoms with Crippen molar-refractivity contribution in [3.8, 4) is 0 Å². The van der Waals surface area contributed by atoms with E-state index in [1.165, 1.54) is 19.1 Å². The third kappa shape index (κ3) is 3.55. The molecule has 1 aromatic heterocycles. The monoisotopic (exact) mass is 426 g/mol. The molecule has 0 bridgehead atoms. The molecule has 7 nitrogen and oxygen atoms in total. The maximum absolute atomic E-state index is 12.0. The summed E-state index contributed by atoms with van der Waals surface area (Å²) in [6.07, 6.45) is 10.2. The van der Waals surface area contributed by atoms with Crippen LogP contribution in [0.3, 0.4) is 0 Å². The Morgan fingerprint density at radius 2 is 2.07 bits per heavy atom. The maximum atomic E-state index is 12.0. The van der Waals surface area contributed by atoms with Gasteiger partial charge in [-0.15, -0.1) is 0 Å². The van der Waals surface area contributed by atoms with Gasteiger partial charge in [0.2, 0.25) is 5.91 Å². The number of aromatic nitrogens is 2. The Labute approximate surface area is 181 Å². The predicted octanol–water partition coefficient (Wildman–Crippen LogP) is 4.06. The molecule has 1 spiro atoms. The molecule has 1 aliphatic carbocycles. The summed E-state index contributed by atoms with van der Waals surface area (Å²) in [7, 11) is 1.90. The zero-order chi connectivity index (χ0) is 20.9. The lowest BCUT2D eigenvalue weighted by Crippen LogP contribution is -2.41. The van der Waals surface area contributed by atoms with Crippen molar-refractivity contribution in [3.63, 3.8) is 0 Å². The first kappa shape index (κ1) is 19.4. The molecule has 1 saturated carbocycles. The molecule has 3 heterocycles. The van der Waals surface area contributed by atoms with Crippen molar-refractivity contribution in [1.29, 1.82) is 5.41 Å². The number of piperidine rings is 1. The van der Waals surface area contributed by atoms with Gasteiger partial charge in [0.25, 0.3) is 0 Å². The normalized spacial score (nSPS) is 20.8. The summed E-state index contributed by atoms with van der Waals surface area (Å²) in [6.45, 7) is 2.62. The quantitative estimate of drug-likeness (QED) is 0.707. The number of rotatable bonds is 5. The molecule has 30 heavy (non-hydrogen) atoms. The second-order valence-electron chi connectivity index (χ2n) is 9.01. The predicted molar refractivity (Wildman–Crippen MR) is 119 cm³/mol. The summed E-state index contributed by atoms with van der Waals surface area (Å²) in [5.41, 5.74) is 3.62. The first-order chi connectivity index (χ1) is 14.5. The van der Waals surface area contributed by atoms with Crippen molar-refractivity contribution in [1.82, 2.24) is 14.7 Å². The van der Waals surface area contributed by atoms with Crippen LogP contribution in [0.2, 0.25) is 5.02 Å². The Morgan fingerprint density at radius 1 is 1.30 bits per heavy atom. The van der Waals surface area contributed by atoms with E-state index in [-0.39, 0.29) is 11.3 Å². The molecule has 3 fully saturated rings. The molecule has 1 aromatic carbocycles. The van der Waals surface area contributed by atoms with Gasteiger partial charge >= 0.3 is 0 Å². The molecule has 1 amide bonds. The smallest absolute Gasteiger partial charge is 0.222 e. The first-order valence-electron chi connectivity index (χ1n) is 10.6. The van der Waals surface area contributed by atoms with Crippen LogP contribution in [0.5, 0.6) is 0 Å². The van der Waals surface area contributed by atoms with E-state index in [2.05, 4.69) is 15.3 Å². The minimum atomic E-state index is 0.113. The summed E-state index contributed by atoms with van der Waals surface area (Å²) in [6, 6.07) is 4.43. The van der Waals surface area contributed by atoms with Crippen LogP contribution in [-0.2, 0) is 4.79 Å². The molecule has 2 aromatic rings. The highest BCUT2D eigenvalue weighted by molar-refractivity contribution is 6.33. The fraction of sp³-hybridized carbons (Fsp3) is 0.500. The average molecular weight is 427 g/mol. The van der Waals surface area contributed by atoms with Gasteiger partial charge in [-0.2, -0.15) is 5.10 Å². The van der Waals surface area contributed by atoms with Gasteiger partial charge in [-0.3, -0.25) is 9.48 Å². The lowest BCUT2D eigenvalue weighted by Gasteiger charge is -2.40. The Morgan fingerprint density at radius 3 is 2.70 bits per heavy atom. The SMILES string of the molecule is CN1CC2(CCN(c3cc(Nc4cnn(C5CC5)c4)c(C=N)cc3Cl)CC2)CC1=O. The largest absolute Gasteiger partial charge is 0.370 e. The highest BCUT2D eigenvalue weighted by Gasteiger charge is 2.43. The Balaban J connectivity index is 1.35. The molecule has 5 rings (SSSR count). The maximum Gasteiger partial charge on any atom is 0.222 e. The fourth-order valence-corrected chi connectivity index (χ4v) is 5.10. The van der Waals surface area contributed by atoms with E-state index in [0.29, 0.717) is 17.5 Å². The molecule has 0 atom stereocenters. The molecular weight excluding hydrogens is 400 g/mol. The molecule has 2 aliphatic heterocycles. The third-order valence-electron chi connectivity index (χ3n) is 6.77. The highest BCUT2D eigenvalue weighted by atomic mass is 35.5. The third-order valence-corrected chi connectivity index (χ3v) is 7.07. The minimum absolute atomic E-state index is 0.113. The standard InChI is InChI=1S/C22H27ClN6O/c1-27-14-22(10-21(27)30)4-6-28(7-5-22)20-9-19(15(11-24)8-18(20)23)26-16-12-25-29(13-16)17-2-3-17/h8-9,11-13,17,24,26H,2-7,10,14H2,1H3. The van der Waals surface area contributed by atoms with Crippen molar-refractivity contribution in [3.05, 3.63) is 35.1 Å². The molecule has 2 N–H and O–H groups in total.